The fourth-order valence-corrected chi connectivity index (χ4v) is 2.85. The van der Waals surface area contributed by atoms with E-state index in [1.807, 2.05) is 21.1 Å². The van der Waals surface area contributed by atoms with E-state index < -0.39 is 30.4 Å². The van der Waals surface area contributed by atoms with E-state index >= 15 is 0 Å². The summed E-state index contributed by atoms with van der Waals surface area (Å²) in [7, 11) is 5.44. The molecule has 1 rings (SSSR count). The number of aliphatic carboxylic acids is 1. The van der Waals surface area contributed by atoms with Gasteiger partial charge >= 0.3 is 0 Å². The molecule has 0 aromatic heterocycles. The van der Waals surface area contributed by atoms with Crippen molar-refractivity contribution in [3.63, 3.8) is 0 Å². The first kappa shape index (κ1) is 23.9. The summed E-state index contributed by atoms with van der Waals surface area (Å²) >= 11 is 0. The molecule has 0 saturated heterocycles. The van der Waals surface area contributed by atoms with Gasteiger partial charge in [0.25, 0.3) is 0 Å². The molecule has 1 aromatic rings. The maximum Gasteiger partial charge on any atom is 0.235 e. The molecule has 0 bridgehead atoms. The SMILES string of the molecule is CCCCCCCOc1ccc(NC(=O)C(CC(=O)[O-])C(N)[N+](C)(C)C)cc1. The number of nitrogens with two attached hydrogens (primary N) is 1. The van der Waals surface area contributed by atoms with Gasteiger partial charge in [-0.1, -0.05) is 32.6 Å². The van der Waals surface area contributed by atoms with Gasteiger partial charge in [-0.3, -0.25) is 10.5 Å². The first-order valence-corrected chi connectivity index (χ1v) is 9.95. The molecule has 1 amide bonds. The molecular weight excluding hydrogens is 358 g/mol. The van der Waals surface area contributed by atoms with Gasteiger partial charge in [0.1, 0.15) is 11.7 Å². The zero-order valence-corrected chi connectivity index (χ0v) is 17.6. The van der Waals surface area contributed by atoms with Crippen LogP contribution in [-0.2, 0) is 9.59 Å². The Kier molecular flexibility index (Phi) is 9.96. The lowest BCUT2D eigenvalue weighted by Gasteiger charge is -2.35. The van der Waals surface area contributed by atoms with Crippen LogP contribution in [0.4, 0.5) is 5.69 Å². The molecule has 0 fully saturated rings. The maximum absolute atomic E-state index is 12.6. The van der Waals surface area contributed by atoms with Gasteiger partial charge < -0.3 is 24.4 Å². The molecule has 1 aromatic carbocycles. The van der Waals surface area contributed by atoms with Crippen molar-refractivity contribution in [1.29, 1.82) is 0 Å². The summed E-state index contributed by atoms with van der Waals surface area (Å²) in [5.74, 6) is -1.90. The van der Waals surface area contributed by atoms with Crippen LogP contribution in [0.25, 0.3) is 0 Å². The third kappa shape index (κ3) is 8.71. The van der Waals surface area contributed by atoms with Gasteiger partial charge in [-0.2, -0.15) is 0 Å². The minimum Gasteiger partial charge on any atom is -0.550 e. The van der Waals surface area contributed by atoms with Crippen molar-refractivity contribution in [3.8, 4) is 5.75 Å². The van der Waals surface area contributed by atoms with Crippen molar-refractivity contribution in [2.24, 2.45) is 11.7 Å². The number of quaternary nitrogens is 1. The van der Waals surface area contributed by atoms with E-state index in [1.54, 1.807) is 24.3 Å². The number of hydrogen-bond acceptors (Lipinski definition) is 5. The van der Waals surface area contributed by atoms with E-state index in [0.29, 0.717) is 12.3 Å². The minimum atomic E-state index is -1.30. The number of ether oxygens (including phenoxy) is 1. The lowest BCUT2D eigenvalue weighted by Crippen LogP contribution is -2.58. The molecule has 0 heterocycles. The summed E-state index contributed by atoms with van der Waals surface area (Å²) in [6.07, 6.45) is 4.78. The van der Waals surface area contributed by atoms with Crippen LogP contribution in [0.1, 0.15) is 45.4 Å². The average Bonchev–Trinajstić information content (AvgIpc) is 2.62. The van der Waals surface area contributed by atoms with Crippen molar-refractivity contribution in [3.05, 3.63) is 24.3 Å². The van der Waals surface area contributed by atoms with Crippen molar-refractivity contribution in [2.75, 3.05) is 33.1 Å². The molecule has 7 heteroatoms. The minimum absolute atomic E-state index is 0.260. The summed E-state index contributed by atoms with van der Waals surface area (Å²) in [6, 6.07) is 7.04. The van der Waals surface area contributed by atoms with E-state index in [1.165, 1.54) is 19.3 Å². The van der Waals surface area contributed by atoms with Crippen LogP contribution in [-0.4, -0.2) is 50.3 Å². The Balaban J connectivity index is 2.60. The predicted molar refractivity (Wildman–Crippen MR) is 108 cm³/mol. The molecule has 0 spiro atoms. The highest BCUT2D eigenvalue weighted by Crippen LogP contribution is 2.20. The zero-order chi connectivity index (χ0) is 21.2. The molecular formula is C21H35N3O4. The summed E-state index contributed by atoms with van der Waals surface area (Å²) in [5.41, 5.74) is 6.69. The lowest BCUT2D eigenvalue weighted by atomic mass is 9.99. The molecule has 0 radical (unpaired) electrons. The molecule has 0 aliphatic heterocycles. The Bertz CT molecular complexity index is 611. The van der Waals surface area contributed by atoms with Crippen LogP contribution in [0.15, 0.2) is 24.3 Å². The van der Waals surface area contributed by atoms with Gasteiger partial charge in [0, 0.05) is 18.1 Å². The van der Waals surface area contributed by atoms with Crippen molar-refractivity contribution >= 4 is 17.6 Å². The second-order valence-corrected chi connectivity index (χ2v) is 8.07. The normalized spacial score (nSPS) is 13.6. The van der Waals surface area contributed by atoms with Gasteiger partial charge in [0.15, 0.2) is 6.17 Å². The highest BCUT2D eigenvalue weighted by molar-refractivity contribution is 5.94. The van der Waals surface area contributed by atoms with Crippen molar-refractivity contribution < 1.29 is 23.9 Å². The van der Waals surface area contributed by atoms with Crippen LogP contribution in [0.5, 0.6) is 5.75 Å². The highest BCUT2D eigenvalue weighted by atomic mass is 16.5. The standard InChI is InChI=1S/C21H35N3O4/c1-5-6-7-8-9-14-28-17-12-10-16(11-13-17)23-21(27)18(15-19(25)26)20(22)24(2,3)4/h10-13,18,20H,5-9,14-15,22H2,1-4H3,(H-,23,25,26,27). The Hall–Kier alpha value is -2.12. The van der Waals surface area contributed by atoms with Crippen molar-refractivity contribution in [2.45, 2.75) is 51.6 Å². The molecule has 28 heavy (non-hydrogen) atoms. The quantitative estimate of drug-likeness (QED) is 0.302. The number of benzene rings is 1. The number of carbonyl (C=O) groups excluding carboxylic acids is 2. The van der Waals surface area contributed by atoms with Gasteiger partial charge in [-0.05, 0) is 30.7 Å². The lowest BCUT2D eigenvalue weighted by molar-refractivity contribution is -0.898. The molecule has 2 atom stereocenters. The topological polar surface area (TPSA) is 104 Å². The number of nitrogens with one attached hydrogen (secondary N) is 1. The Morgan fingerprint density at radius 1 is 1.11 bits per heavy atom. The molecule has 3 N–H and O–H groups in total. The van der Waals surface area contributed by atoms with Gasteiger partial charge in [-0.15, -0.1) is 0 Å². The third-order valence-corrected chi connectivity index (χ3v) is 4.67. The number of hydrogen-bond donors (Lipinski definition) is 2. The molecule has 0 aliphatic carbocycles. The fourth-order valence-electron chi connectivity index (χ4n) is 2.85. The van der Waals surface area contributed by atoms with Gasteiger partial charge in [0.05, 0.1) is 27.7 Å². The van der Waals surface area contributed by atoms with Crippen molar-refractivity contribution in [1.82, 2.24) is 0 Å². The van der Waals surface area contributed by atoms with Crippen LogP contribution >= 0.6 is 0 Å². The smallest absolute Gasteiger partial charge is 0.235 e. The summed E-state index contributed by atoms with van der Waals surface area (Å²) in [6.45, 7) is 2.86. The first-order chi connectivity index (χ1) is 13.1. The Labute approximate surface area is 168 Å². The van der Waals surface area contributed by atoms with Crippen LogP contribution in [0.2, 0.25) is 0 Å². The number of anilines is 1. The monoisotopic (exact) mass is 393 g/mol. The number of nitrogens with zero attached hydrogens (tertiary/aromatic N) is 1. The fraction of sp³-hybridized carbons (Fsp3) is 0.619. The van der Waals surface area contributed by atoms with E-state index in [-0.39, 0.29) is 4.48 Å². The molecule has 7 nitrogen and oxygen atoms in total. The van der Waals surface area contributed by atoms with Gasteiger partial charge in [-0.25, -0.2) is 0 Å². The highest BCUT2D eigenvalue weighted by Gasteiger charge is 2.34. The number of unbranched alkanes of at least 4 members (excludes halogenated alkanes) is 4. The number of amides is 1. The number of carbonyl (C=O) groups is 2. The van der Waals surface area contributed by atoms with Gasteiger partial charge in [0.2, 0.25) is 5.91 Å². The molecule has 0 saturated carbocycles. The van der Waals surface area contributed by atoms with E-state index in [0.717, 1.165) is 18.6 Å². The summed E-state index contributed by atoms with van der Waals surface area (Å²) in [4.78, 5) is 23.7. The van der Waals surface area contributed by atoms with Crippen LogP contribution < -0.4 is 20.9 Å². The second-order valence-electron chi connectivity index (χ2n) is 8.07. The third-order valence-electron chi connectivity index (χ3n) is 4.67. The second kappa shape index (κ2) is 11.7. The largest absolute Gasteiger partial charge is 0.550 e. The molecule has 0 aliphatic rings. The number of carboxylic acid groups (broad SMARTS) is 1. The Morgan fingerprint density at radius 2 is 1.71 bits per heavy atom. The van der Waals surface area contributed by atoms with Crippen LogP contribution in [0, 0.1) is 5.92 Å². The molecule has 158 valence electrons. The number of rotatable bonds is 13. The number of carboxylic acids is 1. The van der Waals surface area contributed by atoms with E-state index in [9.17, 15) is 14.7 Å². The first-order valence-electron chi connectivity index (χ1n) is 9.95. The average molecular weight is 394 g/mol. The molecule has 2 unspecified atom stereocenters. The summed E-state index contributed by atoms with van der Waals surface area (Å²) in [5, 5.41) is 13.8. The Morgan fingerprint density at radius 3 is 2.25 bits per heavy atom. The summed E-state index contributed by atoms with van der Waals surface area (Å²) < 4.78 is 5.97. The van der Waals surface area contributed by atoms with E-state index in [4.69, 9.17) is 10.5 Å². The van der Waals surface area contributed by atoms with Crippen LogP contribution in [0.3, 0.4) is 0 Å². The zero-order valence-electron chi connectivity index (χ0n) is 17.6. The predicted octanol–water partition coefficient (Wildman–Crippen LogP) is 1.72. The van der Waals surface area contributed by atoms with E-state index in [2.05, 4.69) is 12.2 Å². The maximum atomic E-state index is 12.6.